The lowest BCUT2D eigenvalue weighted by molar-refractivity contribution is 0.282. The van der Waals surface area contributed by atoms with Gasteiger partial charge in [0.1, 0.15) is 0 Å². The molecule has 13 heavy (non-hydrogen) atoms. The van der Waals surface area contributed by atoms with Gasteiger partial charge in [-0.1, -0.05) is 0 Å². The second-order valence-electron chi connectivity index (χ2n) is 3.23. The van der Waals surface area contributed by atoms with Gasteiger partial charge in [-0.15, -0.1) is 0 Å². The predicted octanol–water partition coefficient (Wildman–Crippen LogP) is -0.0883. The molecule has 0 aliphatic heterocycles. The van der Waals surface area contributed by atoms with Crippen LogP contribution in [0, 0.1) is 0 Å². The van der Waals surface area contributed by atoms with Gasteiger partial charge in [-0.3, -0.25) is 0 Å². The van der Waals surface area contributed by atoms with Crippen molar-refractivity contribution in [3.63, 3.8) is 0 Å². The third-order valence-electron chi connectivity index (χ3n) is 2.40. The van der Waals surface area contributed by atoms with Crippen molar-refractivity contribution in [2.45, 2.75) is 24.6 Å². The second kappa shape index (κ2) is 7.46. The highest BCUT2D eigenvalue weighted by Crippen LogP contribution is 2.22. The Balaban J connectivity index is 4.07. The molecule has 0 saturated carbocycles. The van der Waals surface area contributed by atoms with Crippen molar-refractivity contribution in [2.24, 2.45) is 5.73 Å². The first-order chi connectivity index (χ1) is 6.24. The molecule has 0 atom stereocenters. The van der Waals surface area contributed by atoms with Crippen molar-refractivity contribution in [3.8, 4) is 0 Å². The van der Waals surface area contributed by atoms with Crippen LogP contribution in [-0.4, -0.2) is 45.4 Å². The van der Waals surface area contributed by atoms with Crippen molar-refractivity contribution in [1.29, 1.82) is 0 Å². The molecule has 4 nitrogen and oxygen atoms in total. The highest BCUT2D eigenvalue weighted by molar-refractivity contribution is 6.73. The quantitative estimate of drug-likeness (QED) is 0.486. The lowest BCUT2D eigenvalue weighted by atomic mass is 10.5. The molecule has 0 radical (unpaired) electrons. The number of nitrogens with two attached hydrogens (primary N) is 1. The molecule has 0 spiro atoms. The Hall–Kier alpha value is 0.0569. The second-order valence-corrected chi connectivity index (χ2v) is 7.50. The molecular formula is C8H21NO3Si. The van der Waals surface area contributed by atoms with E-state index in [0.29, 0.717) is 18.6 Å². The maximum atomic E-state index is 8.90. The van der Waals surface area contributed by atoms with E-state index < -0.39 is 8.32 Å². The lowest BCUT2D eigenvalue weighted by Crippen LogP contribution is -2.39. The Bertz CT molecular complexity index is 118. The Kier molecular flexibility index (Phi) is 7.49. The average Bonchev–Trinajstić information content (AvgIpc) is 2.15. The molecule has 0 unspecified atom stereocenters. The van der Waals surface area contributed by atoms with E-state index in [-0.39, 0.29) is 13.2 Å². The maximum absolute atomic E-state index is 8.90. The summed E-state index contributed by atoms with van der Waals surface area (Å²) >= 11 is 0. The zero-order chi connectivity index (χ0) is 10.2. The van der Waals surface area contributed by atoms with Crippen molar-refractivity contribution in [1.82, 2.24) is 0 Å². The van der Waals surface area contributed by atoms with Crippen molar-refractivity contribution >= 4 is 8.32 Å². The summed E-state index contributed by atoms with van der Waals surface area (Å²) in [6.45, 7) is 0.935. The standard InChI is InChI=1S/C8H21NO3Si/c1-12-13(7-4-10,8-5-11)6-2-3-9/h10-11H,2-9H2,1H3. The van der Waals surface area contributed by atoms with Gasteiger partial charge in [-0.25, -0.2) is 0 Å². The first-order valence-corrected chi connectivity index (χ1v) is 7.24. The van der Waals surface area contributed by atoms with Crippen LogP contribution in [0.4, 0.5) is 0 Å². The summed E-state index contributed by atoms with van der Waals surface area (Å²) in [5.41, 5.74) is 5.42. The molecule has 0 aromatic rings. The molecule has 4 N–H and O–H groups in total. The summed E-state index contributed by atoms with van der Waals surface area (Å²) in [5.74, 6) is 0. The van der Waals surface area contributed by atoms with E-state index in [1.807, 2.05) is 0 Å². The van der Waals surface area contributed by atoms with Crippen molar-refractivity contribution < 1.29 is 14.6 Å². The van der Waals surface area contributed by atoms with E-state index in [9.17, 15) is 0 Å². The van der Waals surface area contributed by atoms with Gasteiger partial charge in [-0.2, -0.15) is 0 Å². The first kappa shape index (κ1) is 13.1. The molecule has 0 saturated heterocycles. The predicted molar refractivity (Wildman–Crippen MR) is 55.0 cm³/mol. The highest BCUT2D eigenvalue weighted by Gasteiger charge is 2.31. The monoisotopic (exact) mass is 207 g/mol. The van der Waals surface area contributed by atoms with Crippen LogP contribution in [0.3, 0.4) is 0 Å². The van der Waals surface area contributed by atoms with E-state index in [4.69, 9.17) is 20.4 Å². The fraction of sp³-hybridized carbons (Fsp3) is 1.00. The third-order valence-corrected chi connectivity index (χ3v) is 6.80. The van der Waals surface area contributed by atoms with Crippen LogP contribution < -0.4 is 5.73 Å². The lowest BCUT2D eigenvalue weighted by Gasteiger charge is -2.28. The van der Waals surface area contributed by atoms with E-state index in [2.05, 4.69) is 0 Å². The Labute approximate surface area is 80.8 Å². The van der Waals surface area contributed by atoms with Crippen LogP contribution in [-0.2, 0) is 4.43 Å². The molecule has 0 rings (SSSR count). The summed E-state index contributed by atoms with van der Waals surface area (Å²) in [7, 11) is -0.196. The van der Waals surface area contributed by atoms with Gasteiger partial charge in [0.25, 0.3) is 0 Å². The Morgan fingerprint density at radius 3 is 2.00 bits per heavy atom. The molecule has 0 fully saturated rings. The third kappa shape index (κ3) is 4.73. The topological polar surface area (TPSA) is 75.7 Å². The van der Waals surface area contributed by atoms with E-state index in [0.717, 1.165) is 12.5 Å². The van der Waals surface area contributed by atoms with Crippen LogP contribution in [0.25, 0.3) is 0 Å². The summed E-state index contributed by atoms with van der Waals surface area (Å²) in [4.78, 5) is 0. The fourth-order valence-electron chi connectivity index (χ4n) is 1.51. The van der Waals surface area contributed by atoms with Crippen LogP contribution in [0.2, 0.25) is 18.1 Å². The molecule has 0 aliphatic carbocycles. The van der Waals surface area contributed by atoms with Gasteiger partial charge < -0.3 is 20.4 Å². The number of hydrogen-bond donors (Lipinski definition) is 3. The van der Waals surface area contributed by atoms with E-state index in [1.54, 1.807) is 7.11 Å². The van der Waals surface area contributed by atoms with Gasteiger partial charge in [0.2, 0.25) is 0 Å². The van der Waals surface area contributed by atoms with Crippen LogP contribution >= 0.6 is 0 Å². The largest absolute Gasteiger partial charge is 0.420 e. The van der Waals surface area contributed by atoms with Gasteiger partial charge in [0, 0.05) is 20.3 Å². The molecule has 0 heterocycles. The zero-order valence-corrected chi connectivity index (χ0v) is 9.33. The minimum Gasteiger partial charge on any atom is -0.420 e. The number of rotatable bonds is 8. The molecule has 0 aromatic heterocycles. The van der Waals surface area contributed by atoms with E-state index >= 15 is 0 Å². The maximum Gasteiger partial charge on any atom is 0.196 e. The first-order valence-electron chi connectivity index (χ1n) is 4.71. The molecule has 0 bridgehead atoms. The Morgan fingerprint density at radius 2 is 1.69 bits per heavy atom. The van der Waals surface area contributed by atoms with Crippen molar-refractivity contribution in [3.05, 3.63) is 0 Å². The molecule has 0 aromatic carbocycles. The van der Waals surface area contributed by atoms with Gasteiger partial charge in [-0.05, 0) is 31.1 Å². The molecule has 80 valence electrons. The summed E-state index contributed by atoms with van der Waals surface area (Å²) in [5, 5.41) is 17.8. The van der Waals surface area contributed by atoms with Gasteiger partial charge in [0.05, 0.1) is 0 Å². The SMILES string of the molecule is CO[Si](CCO)(CCO)CCCN. The minimum atomic E-state index is -1.87. The van der Waals surface area contributed by atoms with E-state index in [1.165, 1.54) is 0 Å². The van der Waals surface area contributed by atoms with Gasteiger partial charge in [0.15, 0.2) is 8.32 Å². The summed E-state index contributed by atoms with van der Waals surface area (Å²) in [6, 6.07) is 2.33. The van der Waals surface area contributed by atoms with Crippen molar-refractivity contribution in [2.75, 3.05) is 26.9 Å². The molecule has 5 heteroatoms. The highest BCUT2D eigenvalue weighted by atomic mass is 28.4. The van der Waals surface area contributed by atoms with Crippen LogP contribution in [0.5, 0.6) is 0 Å². The van der Waals surface area contributed by atoms with Crippen LogP contribution in [0.1, 0.15) is 6.42 Å². The average molecular weight is 207 g/mol. The smallest absolute Gasteiger partial charge is 0.196 e. The molecule has 0 aliphatic rings. The van der Waals surface area contributed by atoms with Gasteiger partial charge >= 0.3 is 0 Å². The van der Waals surface area contributed by atoms with Crippen LogP contribution in [0.15, 0.2) is 0 Å². The normalized spacial score (nSPS) is 12.0. The Morgan fingerprint density at radius 1 is 1.15 bits per heavy atom. The molecule has 0 amide bonds. The zero-order valence-electron chi connectivity index (χ0n) is 8.33. The summed E-state index contributed by atoms with van der Waals surface area (Å²) < 4.78 is 5.48. The number of aliphatic hydroxyl groups excluding tert-OH is 2. The number of hydrogen-bond acceptors (Lipinski definition) is 4. The summed E-state index contributed by atoms with van der Waals surface area (Å²) in [6.07, 6.45) is 0.917. The minimum absolute atomic E-state index is 0.143. The fourth-order valence-corrected chi connectivity index (χ4v) is 4.54. The molecular weight excluding hydrogens is 186 g/mol. The number of aliphatic hydroxyl groups is 2.